The number of hydrogen-bond acceptors (Lipinski definition) is 6. The normalized spacial score (nSPS) is 18.7. The Morgan fingerprint density at radius 3 is 2.38 bits per heavy atom. The lowest BCUT2D eigenvalue weighted by Gasteiger charge is -2.34. The number of hydrogen-bond donors (Lipinski definition) is 1. The van der Waals surface area contributed by atoms with Crippen LogP contribution < -0.4 is 10.2 Å². The molecule has 12 heteroatoms. The van der Waals surface area contributed by atoms with Crippen molar-refractivity contribution in [3.05, 3.63) is 41.6 Å². The number of pyridine rings is 2. The molecule has 0 bridgehead atoms. The van der Waals surface area contributed by atoms with Crippen LogP contribution in [-0.2, 0) is 10.9 Å². The predicted octanol–water partition coefficient (Wildman–Crippen LogP) is 6.20. The average Bonchev–Trinajstić information content (AvgIpc) is 3.17. The smallest absolute Gasteiger partial charge is 0.416 e. The summed E-state index contributed by atoms with van der Waals surface area (Å²) < 4.78 is 72.7. The average molecular weight is 528 g/mol. The van der Waals surface area contributed by atoms with E-state index < -0.39 is 35.9 Å². The maximum Gasteiger partial charge on any atom is 0.416 e. The predicted molar refractivity (Wildman–Crippen MR) is 128 cm³/mol. The van der Waals surface area contributed by atoms with Crippen molar-refractivity contribution < 1.29 is 31.5 Å². The summed E-state index contributed by atoms with van der Waals surface area (Å²) in [4.78, 5) is 23.9. The summed E-state index contributed by atoms with van der Waals surface area (Å²) in [6.45, 7) is 5.93. The van der Waals surface area contributed by atoms with Crippen LogP contribution in [0.1, 0.15) is 57.1 Å². The van der Waals surface area contributed by atoms with E-state index in [2.05, 4.69) is 15.3 Å². The summed E-state index contributed by atoms with van der Waals surface area (Å²) in [5, 5.41) is 2.81. The number of alkyl halides is 5. The molecule has 2 saturated heterocycles. The minimum atomic E-state index is -4.54. The lowest BCUT2D eigenvalue weighted by molar-refractivity contribution is -0.137. The van der Waals surface area contributed by atoms with Crippen molar-refractivity contribution in [1.82, 2.24) is 14.9 Å². The van der Waals surface area contributed by atoms with Crippen molar-refractivity contribution in [3.63, 3.8) is 0 Å². The molecule has 0 radical (unpaired) electrons. The number of carbonyl (C=O) groups is 1. The molecule has 4 heterocycles. The monoisotopic (exact) mass is 527 g/mol. The highest BCUT2D eigenvalue weighted by Crippen LogP contribution is 2.36. The minimum absolute atomic E-state index is 0.00133. The highest BCUT2D eigenvalue weighted by Gasteiger charge is 2.39. The Morgan fingerprint density at radius 1 is 1.08 bits per heavy atom. The Balaban J connectivity index is 1.57. The van der Waals surface area contributed by atoms with Crippen LogP contribution in [-0.4, -0.2) is 58.7 Å². The van der Waals surface area contributed by atoms with Crippen molar-refractivity contribution in [1.29, 1.82) is 0 Å². The van der Waals surface area contributed by atoms with Gasteiger partial charge in [0, 0.05) is 32.3 Å². The van der Waals surface area contributed by atoms with Gasteiger partial charge in [-0.15, -0.1) is 0 Å². The number of rotatable bonds is 4. The van der Waals surface area contributed by atoms with Crippen molar-refractivity contribution in [2.75, 3.05) is 36.4 Å². The molecule has 2 fully saturated rings. The summed E-state index contributed by atoms with van der Waals surface area (Å²) in [7, 11) is 0. The third-order valence-corrected chi connectivity index (χ3v) is 6.29. The number of piperidine rings is 1. The summed E-state index contributed by atoms with van der Waals surface area (Å²) in [6, 6.07) is 5.19. The van der Waals surface area contributed by atoms with E-state index in [0.29, 0.717) is 31.7 Å². The van der Waals surface area contributed by atoms with Crippen molar-refractivity contribution >= 4 is 23.5 Å². The van der Waals surface area contributed by atoms with Gasteiger partial charge in [0.15, 0.2) is 0 Å². The molecule has 0 aromatic carbocycles. The fourth-order valence-corrected chi connectivity index (χ4v) is 4.46. The van der Waals surface area contributed by atoms with Crippen LogP contribution in [0, 0.1) is 0 Å². The number of likely N-dealkylation sites (tertiary alicyclic amines) is 1. The van der Waals surface area contributed by atoms with Crippen LogP contribution in [0.15, 0.2) is 30.5 Å². The van der Waals surface area contributed by atoms with E-state index in [4.69, 9.17) is 4.74 Å². The van der Waals surface area contributed by atoms with Crippen LogP contribution in [0.5, 0.6) is 0 Å². The SMILES string of the molecule is CC(C)(C)OC(=O)N1CCC(c2cc(Nc3cc(C(F)(F)F)ccn3)nc(N3CCC(F)(F)C3)c2)CC1. The molecule has 0 aliphatic carbocycles. The summed E-state index contributed by atoms with van der Waals surface area (Å²) in [5.74, 6) is -2.37. The zero-order valence-electron chi connectivity index (χ0n) is 20.9. The number of anilines is 3. The highest BCUT2D eigenvalue weighted by atomic mass is 19.4. The number of ether oxygens (including phenoxy) is 1. The lowest BCUT2D eigenvalue weighted by Crippen LogP contribution is -2.41. The highest BCUT2D eigenvalue weighted by molar-refractivity contribution is 5.68. The number of aromatic nitrogens is 2. The van der Waals surface area contributed by atoms with Crippen LogP contribution in [0.2, 0.25) is 0 Å². The molecule has 0 spiro atoms. The van der Waals surface area contributed by atoms with Gasteiger partial charge in [-0.25, -0.2) is 23.5 Å². The number of halogens is 5. The molecule has 1 N–H and O–H groups in total. The first-order chi connectivity index (χ1) is 17.2. The Labute approximate surface area is 212 Å². The fraction of sp³-hybridized carbons (Fsp3) is 0.560. The van der Waals surface area contributed by atoms with Gasteiger partial charge in [0.05, 0.1) is 12.1 Å². The molecule has 1 amide bonds. The van der Waals surface area contributed by atoms with E-state index in [1.165, 1.54) is 4.90 Å². The number of nitrogens with one attached hydrogen (secondary N) is 1. The summed E-state index contributed by atoms with van der Waals surface area (Å²) >= 11 is 0. The van der Waals surface area contributed by atoms with E-state index in [-0.39, 0.29) is 30.5 Å². The second-order valence-electron chi connectivity index (χ2n) is 10.5. The van der Waals surface area contributed by atoms with Crippen LogP contribution >= 0.6 is 0 Å². The van der Waals surface area contributed by atoms with Crippen molar-refractivity contribution in [2.24, 2.45) is 0 Å². The zero-order chi connectivity index (χ0) is 27.0. The van der Waals surface area contributed by atoms with Crippen molar-refractivity contribution in [2.45, 2.75) is 63.7 Å². The molecule has 2 aliphatic rings. The molecule has 2 aromatic heterocycles. The quantitative estimate of drug-likeness (QED) is 0.478. The van der Waals surface area contributed by atoms with E-state index in [0.717, 1.165) is 23.9 Å². The standard InChI is InChI=1S/C25H30F5N5O2/c1-23(2,3)37-22(36)34-9-5-16(6-10-34)17-12-20(32-19-14-18(4-8-31-19)25(28,29)30)33-21(13-17)35-11-7-24(26,27)15-35/h4,8,12-14,16H,5-7,9-11,15H2,1-3H3,(H,31,32,33). The largest absolute Gasteiger partial charge is 0.444 e. The van der Waals surface area contributed by atoms with Gasteiger partial charge in [-0.3, -0.25) is 0 Å². The maximum absolute atomic E-state index is 13.9. The molecule has 0 saturated carbocycles. The van der Waals surface area contributed by atoms with Crippen molar-refractivity contribution in [3.8, 4) is 0 Å². The topological polar surface area (TPSA) is 70.6 Å². The summed E-state index contributed by atoms with van der Waals surface area (Å²) in [5.41, 5.74) is -0.669. The van der Waals surface area contributed by atoms with E-state index >= 15 is 0 Å². The van der Waals surface area contributed by atoms with Gasteiger partial charge in [-0.2, -0.15) is 13.2 Å². The van der Waals surface area contributed by atoms with Gasteiger partial charge >= 0.3 is 12.3 Å². The first-order valence-corrected chi connectivity index (χ1v) is 12.1. The maximum atomic E-state index is 13.9. The zero-order valence-corrected chi connectivity index (χ0v) is 20.9. The molecule has 7 nitrogen and oxygen atoms in total. The minimum Gasteiger partial charge on any atom is -0.444 e. The second-order valence-corrected chi connectivity index (χ2v) is 10.5. The Morgan fingerprint density at radius 2 is 1.78 bits per heavy atom. The number of amides is 1. The van der Waals surface area contributed by atoms with E-state index in [1.54, 1.807) is 37.8 Å². The first kappa shape index (κ1) is 26.9. The van der Waals surface area contributed by atoms with Gasteiger partial charge < -0.3 is 19.9 Å². The van der Waals surface area contributed by atoms with Gasteiger partial charge in [0.2, 0.25) is 0 Å². The lowest BCUT2D eigenvalue weighted by atomic mass is 9.90. The molecular weight excluding hydrogens is 497 g/mol. The fourth-order valence-electron chi connectivity index (χ4n) is 4.46. The third-order valence-electron chi connectivity index (χ3n) is 6.29. The molecule has 2 aliphatic heterocycles. The summed E-state index contributed by atoms with van der Waals surface area (Å²) in [6.07, 6.45) is -2.96. The van der Waals surface area contributed by atoms with E-state index in [1.807, 2.05) is 0 Å². The van der Waals surface area contributed by atoms with Gasteiger partial charge in [0.1, 0.15) is 23.1 Å². The molecule has 0 atom stereocenters. The van der Waals surface area contributed by atoms with Gasteiger partial charge in [-0.1, -0.05) is 0 Å². The van der Waals surface area contributed by atoms with Crippen LogP contribution in [0.3, 0.4) is 0 Å². The Kier molecular flexibility index (Phi) is 7.22. The Hall–Kier alpha value is -3.18. The number of carbonyl (C=O) groups excluding carboxylic acids is 1. The molecule has 202 valence electrons. The van der Waals surface area contributed by atoms with Crippen LogP contribution in [0.4, 0.5) is 44.2 Å². The van der Waals surface area contributed by atoms with Gasteiger partial charge in [0.25, 0.3) is 5.92 Å². The third kappa shape index (κ3) is 6.98. The molecule has 4 rings (SSSR count). The first-order valence-electron chi connectivity index (χ1n) is 12.1. The second kappa shape index (κ2) is 9.94. The molecule has 2 aromatic rings. The van der Waals surface area contributed by atoms with Gasteiger partial charge in [-0.05, 0) is 69.4 Å². The number of nitrogens with zero attached hydrogens (tertiary/aromatic N) is 4. The molecule has 0 unspecified atom stereocenters. The molecule has 37 heavy (non-hydrogen) atoms. The van der Waals surface area contributed by atoms with E-state index in [9.17, 15) is 26.7 Å². The van der Waals surface area contributed by atoms with Crippen LogP contribution in [0.25, 0.3) is 0 Å². The molecular formula is C25H30F5N5O2. The Bertz CT molecular complexity index is 1130.